The minimum atomic E-state index is 0. The van der Waals surface area contributed by atoms with E-state index in [-0.39, 0.29) is 12.4 Å². The number of hydrogen-bond acceptors (Lipinski definition) is 2. The van der Waals surface area contributed by atoms with Crippen LogP contribution >= 0.6 is 35.6 Å². The number of rotatable bonds is 5. The van der Waals surface area contributed by atoms with Crippen LogP contribution in [-0.4, -0.2) is 24.8 Å². The summed E-state index contributed by atoms with van der Waals surface area (Å²) < 4.78 is 0. The van der Waals surface area contributed by atoms with Crippen LogP contribution < -0.4 is 10.6 Å². The molecule has 0 aliphatic carbocycles. The van der Waals surface area contributed by atoms with Crippen molar-refractivity contribution >= 4 is 47.0 Å². The van der Waals surface area contributed by atoms with Crippen LogP contribution in [0.15, 0.2) is 24.3 Å². The SMILES string of the molecule is Cl.Nc1ccccc1N(CCCl)CCCl. The van der Waals surface area contributed by atoms with E-state index in [1.807, 2.05) is 24.3 Å². The summed E-state index contributed by atoms with van der Waals surface area (Å²) in [6, 6.07) is 7.73. The predicted molar refractivity (Wildman–Crippen MR) is 71.8 cm³/mol. The Morgan fingerprint density at radius 3 is 2.07 bits per heavy atom. The Balaban J connectivity index is 0.00000196. The standard InChI is InChI=1S/C10H14Cl2N2.ClH/c11-5-7-14(8-6-12)10-4-2-1-3-9(10)13;/h1-4H,5-8,13H2;1H. The van der Waals surface area contributed by atoms with Crippen LogP contribution in [0.1, 0.15) is 0 Å². The van der Waals surface area contributed by atoms with Gasteiger partial charge in [-0.15, -0.1) is 35.6 Å². The lowest BCUT2D eigenvalue weighted by Gasteiger charge is -2.24. The van der Waals surface area contributed by atoms with Crippen molar-refractivity contribution in [2.24, 2.45) is 0 Å². The van der Waals surface area contributed by atoms with Gasteiger partial charge in [0.05, 0.1) is 11.4 Å². The van der Waals surface area contributed by atoms with E-state index in [9.17, 15) is 0 Å². The van der Waals surface area contributed by atoms with Crippen molar-refractivity contribution in [2.75, 3.05) is 35.5 Å². The molecule has 15 heavy (non-hydrogen) atoms. The number of alkyl halides is 2. The summed E-state index contributed by atoms with van der Waals surface area (Å²) in [5, 5.41) is 0. The summed E-state index contributed by atoms with van der Waals surface area (Å²) in [7, 11) is 0. The fourth-order valence-electron chi connectivity index (χ4n) is 1.33. The number of benzene rings is 1. The largest absolute Gasteiger partial charge is 0.397 e. The van der Waals surface area contributed by atoms with E-state index >= 15 is 0 Å². The molecule has 86 valence electrons. The highest BCUT2D eigenvalue weighted by Gasteiger charge is 2.07. The molecule has 0 amide bonds. The van der Waals surface area contributed by atoms with Crippen LogP contribution in [0.4, 0.5) is 11.4 Å². The Bertz CT molecular complexity index is 275. The molecule has 1 rings (SSSR count). The summed E-state index contributed by atoms with van der Waals surface area (Å²) in [4.78, 5) is 2.09. The molecule has 5 heteroatoms. The lowest BCUT2D eigenvalue weighted by Crippen LogP contribution is -2.28. The molecule has 0 saturated carbocycles. The van der Waals surface area contributed by atoms with Crippen molar-refractivity contribution in [1.82, 2.24) is 0 Å². The molecule has 0 heterocycles. The third-order valence-corrected chi connectivity index (χ3v) is 2.32. The van der Waals surface area contributed by atoms with Crippen LogP contribution in [0.25, 0.3) is 0 Å². The van der Waals surface area contributed by atoms with Gasteiger partial charge in [0.1, 0.15) is 0 Å². The number of para-hydroxylation sites is 2. The van der Waals surface area contributed by atoms with Gasteiger partial charge in [-0.3, -0.25) is 0 Å². The van der Waals surface area contributed by atoms with E-state index < -0.39 is 0 Å². The first kappa shape index (κ1) is 14.7. The van der Waals surface area contributed by atoms with Crippen molar-refractivity contribution in [3.63, 3.8) is 0 Å². The molecule has 1 aromatic carbocycles. The summed E-state index contributed by atoms with van der Waals surface area (Å²) in [5.41, 5.74) is 7.63. The summed E-state index contributed by atoms with van der Waals surface area (Å²) >= 11 is 11.4. The smallest absolute Gasteiger partial charge is 0.0600 e. The second kappa shape index (κ2) is 7.91. The van der Waals surface area contributed by atoms with E-state index in [2.05, 4.69) is 4.90 Å². The van der Waals surface area contributed by atoms with Gasteiger partial charge in [-0.2, -0.15) is 0 Å². The maximum atomic E-state index is 5.85. The zero-order chi connectivity index (χ0) is 10.4. The molecule has 0 saturated heterocycles. The van der Waals surface area contributed by atoms with Crippen molar-refractivity contribution in [2.45, 2.75) is 0 Å². The molecular weight excluding hydrogens is 254 g/mol. The van der Waals surface area contributed by atoms with Crippen LogP contribution in [0, 0.1) is 0 Å². The highest BCUT2D eigenvalue weighted by atomic mass is 35.5. The van der Waals surface area contributed by atoms with Gasteiger partial charge < -0.3 is 10.6 Å². The molecule has 0 aliphatic heterocycles. The molecule has 0 aliphatic rings. The molecule has 0 unspecified atom stereocenters. The maximum absolute atomic E-state index is 5.85. The van der Waals surface area contributed by atoms with Gasteiger partial charge in [0.15, 0.2) is 0 Å². The second-order valence-corrected chi connectivity index (χ2v) is 3.68. The minimum absolute atomic E-state index is 0. The molecule has 0 radical (unpaired) electrons. The third kappa shape index (κ3) is 4.37. The monoisotopic (exact) mass is 268 g/mol. The third-order valence-electron chi connectivity index (χ3n) is 1.99. The maximum Gasteiger partial charge on any atom is 0.0600 e. The summed E-state index contributed by atoms with van der Waals surface area (Å²) in [6.45, 7) is 1.53. The average Bonchev–Trinajstić information content (AvgIpc) is 2.18. The fourth-order valence-corrected chi connectivity index (χ4v) is 1.74. The van der Waals surface area contributed by atoms with Gasteiger partial charge >= 0.3 is 0 Å². The zero-order valence-electron chi connectivity index (χ0n) is 8.33. The molecule has 2 nitrogen and oxygen atoms in total. The number of halogens is 3. The normalized spacial score (nSPS) is 9.47. The number of nitrogens with zero attached hydrogens (tertiary/aromatic N) is 1. The highest BCUT2D eigenvalue weighted by molar-refractivity contribution is 6.18. The second-order valence-electron chi connectivity index (χ2n) is 2.92. The molecule has 0 atom stereocenters. The molecule has 0 fully saturated rings. The molecule has 1 aromatic rings. The van der Waals surface area contributed by atoms with E-state index in [1.165, 1.54) is 0 Å². The molecule has 0 spiro atoms. The van der Waals surface area contributed by atoms with Crippen LogP contribution in [0.2, 0.25) is 0 Å². The van der Waals surface area contributed by atoms with Crippen LogP contribution in [-0.2, 0) is 0 Å². The van der Waals surface area contributed by atoms with E-state index in [0.717, 1.165) is 24.5 Å². The first-order valence-electron chi connectivity index (χ1n) is 4.51. The number of anilines is 2. The lowest BCUT2D eigenvalue weighted by molar-refractivity contribution is 0.875. The Morgan fingerprint density at radius 2 is 1.60 bits per heavy atom. The highest BCUT2D eigenvalue weighted by Crippen LogP contribution is 2.22. The van der Waals surface area contributed by atoms with Gasteiger partial charge in [-0.1, -0.05) is 12.1 Å². The predicted octanol–water partition coefficient (Wildman–Crippen LogP) is 2.97. The fraction of sp³-hybridized carbons (Fsp3) is 0.400. The Hall–Kier alpha value is -0.310. The van der Waals surface area contributed by atoms with Crippen LogP contribution in [0.5, 0.6) is 0 Å². The Morgan fingerprint density at radius 1 is 1.07 bits per heavy atom. The van der Waals surface area contributed by atoms with Crippen molar-refractivity contribution in [3.8, 4) is 0 Å². The first-order chi connectivity index (χ1) is 6.79. The number of nitrogens with two attached hydrogens (primary N) is 1. The number of hydrogen-bond donors (Lipinski definition) is 1. The quantitative estimate of drug-likeness (QED) is 0.658. The summed E-state index contributed by atoms with van der Waals surface area (Å²) in [6.07, 6.45) is 0. The summed E-state index contributed by atoms with van der Waals surface area (Å²) in [5.74, 6) is 1.15. The Labute approximate surface area is 107 Å². The van der Waals surface area contributed by atoms with E-state index in [4.69, 9.17) is 28.9 Å². The first-order valence-corrected chi connectivity index (χ1v) is 5.58. The van der Waals surface area contributed by atoms with Gasteiger partial charge in [-0.05, 0) is 12.1 Å². The zero-order valence-corrected chi connectivity index (χ0v) is 10.7. The van der Waals surface area contributed by atoms with Gasteiger partial charge in [0.25, 0.3) is 0 Å². The molecule has 0 bridgehead atoms. The molecule has 0 aromatic heterocycles. The van der Waals surface area contributed by atoms with Crippen molar-refractivity contribution in [1.29, 1.82) is 0 Å². The molecule has 2 N–H and O–H groups in total. The van der Waals surface area contributed by atoms with E-state index in [1.54, 1.807) is 0 Å². The van der Waals surface area contributed by atoms with Crippen molar-refractivity contribution < 1.29 is 0 Å². The lowest BCUT2D eigenvalue weighted by atomic mass is 10.2. The average molecular weight is 270 g/mol. The Kier molecular flexibility index (Phi) is 7.75. The van der Waals surface area contributed by atoms with Crippen molar-refractivity contribution in [3.05, 3.63) is 24.3 Å². The van der Waals surface area contributed by atoms with Gasteiger partial charge in [0, 0.05) is 24.8 Å². The molecular formula is C10H15Cl3N2. The minimum Gasteiger partial charge on any atom is -0.397 e. The van der Waals surface area contributed by atoms with Crippen LogP contribution in [0.3, 0.4) is 0 Å². The van der Waals surface area contributed by atoms with Gasteiger partial charge in [-0.25, -0.2) is 0 Å². The van der Waals surface area contributed by atoms with E-state index in [0.29, 0.717) is 11.8 Å². The van der Waals surface area contributed by atoms with Gasteiger partial charge in [0.2, 0.25) is 0 Å². The number of nitrogen functional groups attached to an aromatic ring is 1. The topological polar surface area (TPSA) is 29.3 Å².